The summed E-state index contributed by atoms with van der Waals surface area (Å²) in [6, 6.07) is 3.98. The minimum absolute atomic E-state index is 0.316. The summed E-state index contributed by atoms with van der Waals surface area (Å²) in [4.78, 5) is 33.7. The van der Waals surface area contributed by atoms with Gasteiger partial charge in [0.05, 0.1) is 12.6 Å². The Bertz CT molecular complexity index is 984. The Balaban J connectivity index is 1.83. The van der Waals surface area contributed by atoms with Gasteiger partial charge in [0.15, 0.2) is 11.2 Å². The Morgan fingerprint density at radius 1 is 1.38 bits per heavy atom. The molecule has 3 aromatic heterocycles. The molecule has 1 atom stereocenters. The van der Waals surface area contributed by atoms with E-state index in [0.717, 1.165) is 11.3 Å². The minimum Gasteiger partial charge on any atom is -0.393 e. The molecule has 0 saturated heterocycles. The van der Waals surface area contributed by atoms with E-state index in [-0.39, 0.29) is 17.4 Å². The van der Waals surface area contributed by atoms with Crippen LogP contribution in [0.25, 0.3) is 11.2 Å². The number of fused-ring (bicyclic) bond motifs is 1. The van der Waals surface area contributed by atoms with Crippen molar-refractivity contribution in [2.24, 2.45) is 7.05 Å². The summed E-state index contributed by atoms with van der Waals surface area (Å²) in [6.45, 7) is 2.65. The van der Waals surface area contributed by atoms with Gasteiger partial charge in [0.1, 0.15) is 0 Å². The maximum absolute atomic E-state index is 12.7. The van der Waals surface area contributed by atoms with Crippen molar-refractivity contribution in [1.82, 2.24) is 19.1 Å². The Kier molecular flexibility index (Phi) is 5.58. The van der Waals surface area contributed by atoms with E-state index in [9.17, 15) is 14.7 Å². The van der Waals surface area contributed by atoms with Gasteiger partial charge in [-0.15, -0.1) is 11.3 Å². The summed E-state index contributed by atoms with van der Waals surface area (Å²) in [5, 5.41) is 14.5. The zero-order chi connectivity index (χ0) is 18.7. The van der Waals surface area contributed by atoms with Crippen LogP contribution in [0, 0.1) is 0 Å². The second-order valence-corrected chi connectivity index (χ2v) is 7.39. The third-order valence-electron chi connectivity index (χ3n) is 4.24. The van der Waals surface area contributed by atoms with Crippen LogP contribution in [0.4, 0.5) is 5.95 Å². The van der Waals surface area contributed by atoms with Crippen LogP contribution >= 0.6 is 11.3 Å². The van der Waals surface area contributed by atoms with Crippen LogP contribution < -0.4 is 16.6 Å². The first-order chi connectivity index (χ1) is 12.5. The van der Waals surface area contributed by atoms with Gasteiger partial charge >= 0.3 is 5.69 Å². The highest BCUT2D eigenvalue weighted by Crippen LogP contribution is 2.13. The minimum atomic E-state index is -0.379. The molecule has 140 valence electrons. The van der Waals surface area contributed by atoms with Gasteiger partial charge < -0.3 is 15.4 Å². The van der Waals surface area contributed by atoms with E-state index in [1.54, 1.807) is 25.3 Å². The van der Waals surface area contributed by atoms with E-state index in [0.29, 0.717) is 43.0 Å². The summed E-state index contributed by atoms with van der Waals surface area (Å²) in [5.74, 6) is 0.465. The van der Waals surface area contributed by atoms with E-state index in [1.807, 2.05) is 17.5 Å². The number of anilines is 1. The van der Waals surface area contributed by atoms with Crippen LogP contribution in [0.2, 0.25) is 0 Å². The lowest BCUT2D eigenvalue weighted by Crippen LogP contribution is -2.39. The van der Waals surface area contributed by atoms with Crippen molar-refractivity contribution in [3.8, 4) is 0 Å². The second-order valence-electron chi connectivity index (χ2n) is 6.36. The van der Waals surface area contributed by atoms with Crippen LogP contribution in [-0.4, -0.2) is 30.3 Å². The third kappa shape index (κ3) is 3.88. The van der Waals surface area contributed by atoms with Crippen molar-refractivity contribution in [1.29, 1.82) is 0 Å². The molecular formula is C17H23N5O3S. The Morgan fingerprint density at radius 2 is 2.19 bits per heavy atom. The van der Waals surface area contributed by atoms with Crippen molar-refractivity contribution in [2.75, 3.05) is 5.32 Å². The molecule has 3 N–H and O–H groups in total. The Hall–Kier alpha value is -2.39. The van der Waals surface area contributed by atoms with Crippen molar-refractivity contribution in [3.05, 3.63) is 43.2 Å². The van der Waals surface area contributed by atoms with Crippen molar-refractivity contribution in [2.45, 2.75) is 45.4 Å². The first-order valence-corrected chi connectivity index (χ1v) is 9.49. The van der Waals surface area contributed by atoms with Gasteiger partial charge in [-0.2, -0.15) is 4.98 Å². The van der Waals surface area contributed by atoms with Gasteiger partial charge in [-0.05, 0) is 37.6 Å². The maximum Gasteiger partial charge on any atom is 0.332 e. The number of thiophene rings is 1. The monoisotopic (exact) mass is 377 g/mol. The second kappa shape index (κ2) is 7.88. The SMILES string of the molecule is CC(O)CCCCn1c(=O)c2[nH]c(NCc3cccs3)nc2n(C)c1=O. The number of nitrogens with zero attached hydrogens (tertiary/aromatic N) is 3. The number of imidazole rings is 1. The van der Waals surface area contributed by atoms with Gasteiger partial charge in [0.25, 0.3) is 5.56 Å². The smallest absolute Gasteiger partial charge is 0.332 e. The highest BCUT2D eigenvalue weighted by Gasteiger charge is 2.15. The number of rotatable bonds is 8. The number of hydrogen-bond acceptors (Lipinski definition) is 6. The van der Waals surface area contributed by atoms with Crippen LogP contribution in [-0.2, 0) is 20.1 Å². The molecule has 0 bridgehead atoms. The predicted molar refractivity (Wildman–Crippen MR) is 103 cm³/mol. The molecule has 0 fully saturated rings. The van der Waals surface area contributed by atoms with Gasteiger partial charge in [-0.25, -0.2) is 4.79 Å². The van der Waals surface area contributed by atoms with E-state index < -0.39 is 0 Å². The molecule has 3 heterocycles. The number of aromatic nitrogens is 4. The van der Waals surface area contributed by atoms with E-state index in [1.165, 1.54) is 9.13 Å². The van der Waals surface area contributed by atoms with Crippen LogP contribution in [0.1, 0.15) is 31.1 Å². The first kappa shape index (κ1) is 18.4. The normalized spacial score (nSPS) is 12.6. The summed E-state index contributed by atoms with van der Waals surface area (Å²) < 4.78 is 2.61. The highest BCUT2D eigenvalue weighted by atomic mass is 32.1. The molecule has 0 radical (unpaired) electrons. The average molecular weight is 377 g/mol. The molecule has 3 aromatic rings. The van der Waals surface area contributed by atoms with Crippen molar-refractivity contribution < 1.29 is 5.11 Å². The summed E-state index contributed by atoms with van der Waals surface area (Å²) in [7, 11) is 1.61. The zero-order valence-electron chi connectivity index (χ0n) is 14.9. The predicted octanol–water partition coefficient (Wildman–Crippen LogP) is 1.65. The van der Waals surface area contributed by atoms with Crippen LogP contribution in [0.5, 0.6) is 0 Å². The van der Waals surface area contributed by atoms with Crippen LogP contribution in [0.3, 0.4) is 0 Å². The number of unbranched alkanes of at least 4 members (excludes halogenated alkanes) is 1. The fourth-order valence-corrected chi connectivity index (χ4v) is 3.47. The fraction of sp³-hybridized carbons (Fsp3) is 0.471. The van der Waals surface area contributed by atoms with Gasteiger partial charge in [-0.3, -0.25) is 13.9 Å². The summed E-state index contributed by atoms with van der Waals surface area (Å²) in [6.07, 6.45) is 1.69. The first-order valence-electron chi connectivity index (χ1n) is 8.61. The number of aliphatic hydroxyl groups is 1. The molecule has 1 unspecified atom stereocenters. The molecule has 0 aliphatic heterocycles. The molecule has 26 heavy (non-hydrogen) atoms. The molecule has 8 nitrogen and oxygen atoms in total. The summed E-state index contributed by atoms with van der Waals surface area (Å²) >= 11 is 1.63. The van der Waals surface area contributed by atoms with Crippen molar-refractivity contribution >= 4 is 28.4 Å². The molecule has 0 aliphatic carbocycles. The molecule has 0 amide bonds. The zero-order valence-corrected chi connectivity index (χ0v) is 15.7. The lowest BCUT2D eigenvalue weighted by molar-refractivity contribution is 0.180. The number of aromatic amines is 1. The number of aliphatic hydroxyl groups excluding tert-OH is 1. The topological polar surface area (TPSA) is 105 Å². The maximum atomic E-state index is 12.7. The van der Waals surface area contributed by atoms with Crippen molar-refractivity contribution in [3.63, 3.8) is 0 Å². The van der Waals surface area contributed by atoms with Gasteiger partial charge in [-0.1, -0.05) is 6.07 Å². The molecule has 9 heteroatoms. The molecule has 3 rings (SSSR count). The third-order valence-corrected chi connectivity index (χ3v) is 5.12. The Labute approximate surface area is 154 Å². The number of nitrogens with one attached hydrogen (secondary N) is 2. The van der Waals surface area contributed by atoms with E-state index in [4.69, 9.17) is 0 Å². The molecule has 0 aliphatic rings. The average Bonchev–Trinajstić information content (AvgIpc) is 3.26. The van der Waals surface area contributed by atoms with Gasteiger partial charge in [0.2, 0.25) is 5.95 Å². The lowest BCUT2D eigenvalue weighted by Gasteiger charge is -2.08. The number of aryl methyl sites for hydroxylation is 1. The summed E-state index contributed by atoms with van der Waals surface area (Å²) in [5.41, 5.74) is -0.0853. The number of H-pyrrole nitrogens is 1. The van der Waals surface area contributed by atoms with E-state index in [2.05, 4.69) is 15.3 Å². The van der Waals surface area contributed by atoms with Gasteiger partial charge in [0, 0.05) is 18.5 Å². The van der Waals surface area contributed by atoms with E-state index >= 15 is 0 Å². The largest absolute Gasteiger partial charge is 0.393 e. The fourth-order valence-electron chi connectivity index (χ4n) is 2.82. The highest BCUT2D eigenvalue weighted by molar-refractivity contribution is 7.09. The molecule has 0 spiro atoms. The standard InChI is InChI=1S/C17H23N5O3S/c1-11(23)6-3-4-8-22-15(24)13-14(21(2)17(22)25)20-16(19-13)18-10-12-7-5-9-26-12/h5,7,9,11,23H,3-4,6,8,10H2,1-2H3,(H2,18,19,20). The molecular weight excluding hydrogens is 354 g/mol. The Morgan fingerprint density at radius 3 is 2.88 bits per heavy atom. The lowest BCUT2D eigenvalue weighted by atomic mass is 10.2. The quantitative estimate of drug-likeness (QED) is 0.518. The van der Waals surface area contributed by atoms with Crippen LogP contribution in [0.15, 0.2) is 27.1 Å². The number of hydrogen-bond donors (Lipinski definition) is 3. The molecule has 0 aromatic carbocycles. The molecule has 0 saturated carbocycles.